The van der Waals surface area contributed by atoms with Gasteiger partial charge < -0.3 is 15.7 Å². The van der Waals surface area contributed by atoms with Gasteiger partial charge in [-0.25, -0.2) is 9.97 Å². The first kappa shape index (κ1) is 12.8. The van der Waals surface area contributed by atoms with Gasteiger partial charge in [0.15, 0.2) is 0 Å². The highest BCUT2D eigenvalue weighted by atomic mass is 16.3. The third-order valence-corrected chi connectivity index (χ3v) is 3.18. The third-order valence-electron chi connectivity index (χ3n) is 3.18. The van der Waals surface area contributed by atoms with Crippen LogP contribution in [-0.4, -0.2) is 40.6 Å². The molecule has 1 aromatic heterocycles. The summed E-state index contributed by atoms with van der Waals surface area (Å²) in [5, 5.41) is 16.7. The Morgan fingerprint density at radius 1 is 1.61 bits per heavy atom. The first-order valence-corrected chi connectivity index (χ1v) is 6.16. The SMILES string of the molecule is Cc1cc(C(=N)N)nc(N2CCCC(CO)C2)n1. The summed E-state index contributed by atoms with van der Waals surface area (Å²) in [7, 11) is 0. The fraction of sp³-hybridized carbons (Fsp3) is 0.583. The fourth-order valence-electron chi connectivity index (χ4n) is 2.23. The number of hydrogen-bond acceptors (Lipinski definition) is 5. The lowest BCUT2D eigenvalue weighted by atomic mass is 9.99. The first-order chi connectivity index (χ1) is 8.60. The highest BCUT2D eigenvalue weighted by Crippen LogP contribution is 2.20. The normalized spacial score (nSPS) is 19.9. The number of nitrogens with zero attached hydrogens (tertiary/aromatic N) is 3. The minimum atomic E-state index is -0.0440. The summed E-state index contributed by atoms with van der Waals surface area (Å²) >= 11 is 0. The van der Waals surface area contributed by atoms with Crippen LogP contribution in [0, 0.1) is 18.3 Å². The zero-order valence-electron chi connectivity index (χ0n) is 10.6. The molecule has 0 aromatic carbocycles. The molecule has 2 heterocycles. The Labute approximate surface area is 106 Å². The van der Waals surface area contributed by atoms with Crippen molar-refractivity contribution in [1.82, 2.24) is 9.97 Å². The van der Waals surface area contributed by atoms with E-state index >= 15 is 0 Å². The van der Waals surface area contributed by atoms with Crippen LogP contribution in [0.3, 0.4) is 0 Å². The van der Waals surface area contributed by atoms with Gasteiger partial charge in [0, 0.05) is 25.4 Å². The smallest absolute Gasteiger partial charge is 0.226 e. The van der Waals surface area contributed by atoms with Gasteiger partial charge in [-0.15, -0.1) is 0 Å². The van der Waals surface area contributed by atoms with Gasteiger partial charge in [0.1, 0.15) is 11.5 Å². The second-order valence-electron chi connectivity index (χ2n) is 4.75. The van der Waals surface area contributed by atoms with Crippen LogP contribution >= 0.6 is 0 Å². The van der Waals surface area contributed by atoms with Crippen molar-refractivity contribution in [1.29, 1.82) is 5.41 Å². The van der Waals surface area contributed by atoms with Crippen LogP contribution in [0.25, 0.3) is 0 Å². The van der Waals surface area contributed by atoms with Crippen molar-refractivity contribution in [3.63, 3.8) is 0 Å². The monoisotopic (exact) mass is 249 g/mol. The number of aryl methyl sites for hydroxylation is 1. The lowest BCUT2D eigenvalue weighted by Crippen LogP contribution is -2.38. The number of aliphatic hydroxyl groups excluding tert-OH is 1. The topological polar surface area (TPSA) is 99.1 Å². The van der Waals surface area contributed by atoms with E-state index in [0.29, 0.717) is 11.6 Å². The summed E-state index contributed by atoms with van der Waals surface area (Å²) in [5.74, 6) is 0.847. The molecule has 6 nitrogen and oxygen atoms in total. The number of nitrogen functional groups attached to an aromatic ring is 1. The van der Waals surface area contributed by atoms with Crippen LogP contribution in [0.5, 0.6) is 0 Å². The molecule has 1 unspecified atom stereocenters. The van der Waals surface area contributed by atoms with Crippen molar-refractivity contribution >= 4 is 11.8 Å². The molecule has 0 radical (unpaired) electrons. The van der Waals surface area contributed by atoms with Crippen molar-refractivity contribution < 1.29 is 5.11 Å². The van der Waals surface area contributed by atoms with Crippen LogP contribution < -0.4 is 10.6 Å². The molecule has 0 saturated carbocycles. The van der Waals surface area contributed by atoms with Gasteiger partial charge in [0.25, 0.3) is 0 Å². The summed E-state index contributed by atoms with van der Waals surface area (Å²) in [6.45, 7) is 3.71. The van der Waals surface area contributed by atoms with Gasteiger partial charge in [-0.05, 0) is 31.7 Å². The van der Waals surface area contributed by atoms with Crippen molar-refractivity contribution in [3.05, 3.63) is 17.5 Å². The predicted octanol–water partition coefficient (Wildman–Crippen LogP) is 0.278. The van der Waals surface area contributed by atoms with Crippen molar-refractivity contribution in [2.75, 3.05) is 24.6 Å². The van der Waals surface area contributed by atoms with Gasteiger partial charge in [-0.3, -0.25) is 5.41 Å². The molecule has 0 bridgehead atoms. The number of aliphatic hydroxyl groups is 1. The molecule has 1 aliphatic heterocycles. The van der Waals surface area contributed by atoms with E-state index in [2.05, 4.69) is 14.9 Å². The maximum Gasteiger partial charge on any atom is 0.226 e. The molecule has 98 valence electrons. The number of nitrogens with two attached hydrogens (primary N) is 1. The molecule has 2 rings (SSSR count). The van der Waals surface area contributed by atoms with Gasteiger partial charge in [0.05, 0.1) is 0 Å². The van der Waals surface area contributed by atoms with Gasteiger partial charge in [0.2, 0.25) is 5.95 Å². The molecule has 0 aliphatic carbocycles. The van der Waals surface area contributed by atoms with Crippen LogP contribution in [-0.2, 0) is 0 Å². The number of piperidine rings is 1. The Kier molecular flexibility index (Phi) is 3.76. The number of hydrogen-bond donors (Lipinski definition) is 3. The fourth-order valence-corrected chi connectivity index (χ4v) is 2.23. The van der Waals surface area contributed by atoms with E-state index in [-0.39, 0.29) is 18.4 Å². The maximum absolute atomic E-state index is 9.23. The molecule has 1 atom stereocenters. The van der Waals surface area contributed by atoms with Crippen molar-refractivity contribution in [3.8, 4) is 0 Å². The van der Waals surface area contributed by atoms with Crippen LogP contribution in [0.2, 0.25) is 0 Å². The number of rotatable bonds is 3. The van der Waals surface area contributed by atoms with E-state index in [4.69, 9.17) is 11.1 Å². The average molecular weight is 249 g/mol. The summed E-state index contributed by atoms with van der Waals surface area (Å²) in [5.41, 5.74) is 6.73. The second-order valence-corrected chi connectivity index (χ2v) is 4.75. The third kappa shape index (κ3) is 2.76. The minimum absolute atomic E-state index is 0.0440. The van der Waals surface area contributed by atoms with E-state index in [1.54, 1.807) is 6.07 Å². The Morgan fingerprint density at radius 2 is 2.39 bits per heavy atom. The molecule has 1 aromatic rings. The molecule has 1 fully saturated rings. The van der Waals surface area contributed by atoms with Crippen molar-refractivity contribution in [2.24, 2.45) is 11.7 Å². The molecule has 6 heteroatoms. The molecular weight excluding hydrogens is 230 g/mol. The van der Waals surface area contributed by atoms with Gasteiger partial charge in [-0.2, -0.15) is 0 Å². The zero-order valence-corrected chi connectivity index (χ0v) is 10.6. The molecule has 1 aliphatic rings. The van der Waals surface area contributed by atoms with Crippen LogP contribution in [0.1, 0.15) is 24.2 Å². The largest absolute Gasteiger partial charge is 0.396 e. The molecule has 18 heavy (non-hydrogen) atoms. The molecule has 4 N–H and O–H groups in total. The van der Waals surface area contributed by atoms with Crippen LogP contribution in [0.4, 0.5) is 5.95 Å². The summed E-state index contributed by atoms with van der Waals surface area (Å²) < 4.78 is 0. The Hall–Kier alpha value is -1.69. The van der Waals surface area contributed by atoms with E-state index in [0.717, 1.165) is 31.6 Å². The summed E-state index contributed by atoms with van der Waals surface area (Å²) in [6, 6.07) is 1.71. The van der Waals surface area contributed by atoms with E-state index in [9.17, 15) is 5.11 Å². The summed E-state index contributed by atoms with van der Waals surface area (Å²) in [6.07, 6.45) is 2.07. The number of anilines is 1. The Bertz CT molecular complexity index is 448. The second kappa shape index (κ2) is 5.30. The average Bonchev–Trinajstić information content (AvgIpc) is 2.38. The van der Waals surface area contributed by atoms with E-state index in [1.807, 2.05) is 6.92 Å². The zero-order chi connectivity index (χ0) is 13.1. The highest BCUT2D eigenvalue weighted by Gasteiger charge is 2.21. The maximum atomic E-state index is 9.23. The van der Waals surface area contributed by atoms with Crippen molar-refractivity contribution in [2.45, 2.75) is 19.8 Å². The predicted molar refractivity (Wildman–Crippen MR) is 69.8 cm³/mol. The quantitative estimate of drug-likeness (QED) is 0.528. The number of aromatic nitrogens is 2. The summed E-state index contributed by atoms with van der Waals surface area (Å²) in [4.78, 5) is 10.8. The molecule has 1 saturated heterocycles. The highest BCUT2D eigenvalue weighted by molar-refractivity contribution is 5.93. The number of nitrogens with one attached hydrogen (secondary N) is 1. The van der Waals surface area contributed by atoms with Gasteiger partial charge >= 0.3 is 0 Å². The Morgan fingerprint density at radius 3 is 3.06 bits per heavy atom. The lowest BCUT2D eigenvalue weighted by Gasteiger charge is -2.32. The van der Waals surface area contributed by atoms with E-state index in [1.165, 1.54) is 0 Å². The van der Waals surface area contributed by atoms with Crippen LogP contribution in [0.15, 0.2) is 6.07 Å². The molecule has 0 spiro atoms. The standard InChI is InChI=1S/C12H19N5O/c1-8-5-10(11(13)14)16-12(15-8)17-4-2-3-9(6-17)7-18/h5,9,18H,2-4,6-7H2,1H3,(H3,13,14). The Balaban J connectivity index is 2.24. The van der Waals surface area contributed by atoms with E-state index < -0.39 is 0 Å². The first-order valence-electron chi connectivity index (χ1n) is 6.16. The molecule has 0 amide bonds. The number of amidine groups is 1. The lowest BCUT2D eigenvalue weighted by molar-refractivity contribution is 0.208. The van der Waals surface area contributed by atoms with Gasteiger partial charge in [-0.1, -0.05) is 0 Å². The minimum Gasteiger partial charge on any atom is -0.396 e. The molecular formula is C12H19N5O.